The van der Waals surface area contributed by atoms with Crippen molar-refractivity contribution in [2.24, 2.45) is 0 Å². The molecule has 3 rings (SSSR count). The average molecular weight is 376 g/mol. The van der Waals surface area contributed by atoms with Crippen molar-refractivity contribution >= 4 is 5.97 Å². The molecule has 0 radical (unpaired) electrons. The van der Waals surface area contributed by atoms with Gasteiger partial charge >= 0.3 is 5.97 Å². The topological polar surface area (TPSA) is 55.8 Å². The van der Waals surface area contributed by atoms with Crippen LogP contribution < -0.4 is 9.47 Å². The Kier molecular flexibility index (Phi) is 7.08. The number of benzene rings is 3. The number of carbonyl (C=O) groups is 1. The highest BCUT2D eigenvalue weighted by Gasteiger charge is 2.20. The molecule has 0 bridgehead atoms. The van der Waals surface area contributed by atoms with Crippen LogP contribution in [-0.4, -0.2) is 17.2 Å². The van der Waals surface area contributed by atoms with Gasteiger partial charge in [-0.3, -0.25) is 0 Å². The number of rotatable bonds is 10. The van der Waals surface area contributed by atoms with Gasteiger partial charge in [0, 0.05) is 0 Å². The summed E-state index contributed by atoms with van der Waals surface area (Å²) in [6.07, 6.45) is 1.07. The van der Waals surface area contributed by atoms with Crippen molar-refractivity contribution in [3.05, 3.63) is 96.1 Å². The predicted octanol–water partition coefficient (Wildman–Crippen LogP) is 5.12. The summed E-state index contributed by atoms with van der Waals surface area (Å²) in [5.41, 5.74) is 2.23. The molecule has 0 aliphatic rings. The molecule has 0 amide bonds. The molecular weight excluding hydrogens is 352 g/mol. The van der Waals surface area contributed by atoms with Crippen LogP contribution in [0.3, 0.4) is 0 Å². The molecular formula is C24H24O4. The Balaban J connectivity index is 1.60. The van der Waals surface area contributed by atoms with Crippen molar-refractivity contribution in [3.63, 3.8) is 0 Å². The predicted molar refractivity (Wildman–Crippen MR) is 109 cm³/mol. The van der Waals surface area contributed by atoms with Gasteiger partial charge in [-0.15, -0.1) is 0 Å². The van der Waals surface area contributed by atoms with E-state index < -0.39 is 12.1 Å². The molecule has 28 heavy (non-hydrogen) atoms. The van der Waals surface area contributed by atoms with Crippen molar-refractivity contribution in [3.8, 4) is 11.5 Å². The lowest BCUT2D eigenvalue weighted by molar-refractivity contribution is -0.145. The van der Waals surface area contributed by atoms with Crippen molar-refractivity contribution in [2.45, 2.75) is 32.0 Å². The fraction of sp³-hybridized carbons (Fsp3) is 0.208. The van der Waals surface area contributed by atoms with Crippen LogP contribution >= 0.6 is 0 Å². The van der Waals surface area contributed by atoms with Crippen LogP contribution in [0.2, 0.25) is 0 Å². The average Bonchev–Trinajstić information content (AvgIpc) is 2.73. The van der Waals surface area contributed by atoms with Crippen LogP contribution in [-0.2, 0) is 17.8 Å². The van der Waals surface area contributed by atoms with Gasteiger partial charge in [-0.1, -0.05) is 72.8 Å². The first-order chi connectivity index (χ1) is 13.7. The quantitative estimate of drug-likeness (QED) is 0.533. The molecule has 0 saturated heterocycles. The second kappa shape index (κ2) is 10.2. The maximum atomic E-state index is 11.7. The molecule has 3 aromatic rings. The van der Waals surface area contributed by atoms with Crippen molar-refractivity contribution < 1.29 is 19.4 Å². The summed E-state index contributed by atoms with van der Waals surface area (Å²) in [5, 5.41) is 9.56. The fourth-order valence-corrected chi connectivity index (χ4v) is 2.92. The summed E-state index contributed by atoms with van der Waals surface area (Å²) >= 11 is 0. The lowest BCUT2D eigenvalue weighted by atomic mass is 10.1. The van der Waals surface area contributed by atoms with E-state index in [0.29, 0.717) is 24.5 Å². The van der Waals surface area contributed by atoms with Gasteiger partial charge in [0.25, 0.3) is 0 Å². The van der Waals surface area contributed by atoms with E-state index in [4.69, 9.17) is 9.47 Å². The summed E-state index contributed by atoms with van der Waals surface area (Å²) < 4.78 is 11.7. The van der Waals surface area contributed by atoms with E-state index in [-0.39, 0.29) is 0 Å². The van der Waals surface area contributed by atoms with Gasteiger partial charge in [0.05, 0.1) is 0 Å². The van der Waals surface area contributed by atoms with E-state index in [2.05, 4.69) is 0 Å². The molecule has 0 heterocycles. The van der Waals surface area contributed by atoms with Crippen molar-refractivity contribution in [1.29, 1.82) is 0 Å². The molecule has 144 valence electrons. The summed E-state index contributed by atoms with van der Waals surface area (Å²) in [6, 6.07) is 27.0. The highest BCUT2D eigenvalue weighted by atomic mass is 16.5. The molecule has 0 spiro atoms. The third-order valence-electron chi connectivity index (χ3n) is 4.41. The maximum absolute atomic E-state index is 11.7. The number of ether oxygens (including phenoxy) is 2. The largest absolute Gasteiger partial charge is 0.485 e. The van der Waals surface area contributed by atoms with Crippen LogP contribution in [0.15, 0.2) is 84.9 Å². The van der Waals surface area contributed by atoms with E-state index >= 15 is 0 Å². The van der Waals surface area contributed by atoms with E-state index in [9.17, 15) is 9.90 Å². The fourth-order valence-electron chi connectivity index (χ4n) is 2.92. The lowest BCUT2D eigenvalue weighted by Crippen LogP contribution is -2.27. The van der Waals surface area contributed by atoms with Gasteiger partial charge in [-0.05, 0) is 42.5 Å². The second-order valence-corrected chi connectivity index (χ2v) is 6.54. The molecule has 3 aromatic carbocycles. The van der Waals surface area contributed by atoms with Crippen LogP contribution in [0.4, 0.5) is 0 Å². The van der Waals surface area contributed by atoms with Gasteiger partial charge in [0.1, 0.15) is 6.61 Å². The molecule has 1 N–H and O–H groups in total. The summed E-state index contributed by atoms with van der Waals surface area (Å²) in [7, 11) is 0. The Bertz CT molecular complexity index is 862. The SMILES string of the molecule is O=C(O)[C@@H](CCCc1ccccc1)Oc1ccccc1OCc1ccccc1. The Morgan fingerprint density at radius 2 is 1.36 bits per heavy atom. The van der Waals surface area contributed by atoms with E-state index in [0.717, 1.165) is 18.4 Å². The number of carboxylic acid groups (broad SMARTS) is 1. The maximum Gasteiger partial charge on any atom is 0.344 e. The monoisotopic (exact) mass is 376 g/mol. The van der Waals surface area contributed by atoms with E-state index in [1.54, 1.807) is 12.1 Å². The Hall–Kier alpha value is -3.27. The van der Waals surface area contributed by atoms with Gasteiger partial charge < -0.3 is 14.6 Å². The first-order valence-corrected chi connectivity index (χ1v) is 9.41. The van der Waals surface area contributed by atoms with Crippen LogP contribution in [0.25, 0.3) is 0 Å². The van der Waals surface area contributed by atoms with Crippen molar-refractivity contribution in [1.82, 2.24) is 0 Å². The van der Waals surface area contributed by atoms with Crippen molar-refractivity contribution in [2.75, 3.05) is 0 Å². The first kappa shape index (κ1) is 19.5. The van der Waals surface area contributed by atoms with E-state index in [1.165, 1.54) is 5.56 Å². The lowest BCUT2D eigenvalue weighted by Gasteiger charge is -2.18. The smallest absolute Gasteiger partial charge is 0.344 e. The molecule has 0 aliphatic heterocycles. The third-order valence-corrected chi connectivity index (χ3v) is 4.41. The minimum Gasteiger partial charge on any atom is -0.485 e. The molecule has 1 atom stereocenters. The highest BCUT2D eigenvalue weighted by molar-refractivity contribution is 5.72. The van der Waals surface area contributed by atoms with Gasteiger partial charge in [-0.2, -0.15) is 0 Å². The molecule has 0 unspecified atom stereocenters. The minimum atomic E-state index is -0.967. The number of hydrogen-bond acceptors (Lipinski definition) is 3. The van der Waals surface area contributed by atoms with E-state index in [1.807, 2.05) is 72.8 Å². The van der Waals surface area contributed by atoms with Gasteiger partial charge in [-0.25, -0.2) is 4.79 Å². The molecule has 4 heteroatoms. The first-order valence-electron chi connectivity index (χ1n) is 9.41. The van der Waals surface area contributed by atoms with Crippen LogP contribution in [0.5, 0.6) is 11.5 Å². The zero-order valence-corrected chi connectivity index (χ0v) is 15.7. The highest BCUT2D eigenvalue weighted by Crippen LogP contribution is 2.29. The van der Waals surface area contributed by atoms with Gasteiger partial charge in [0.15, 0.2) is 17.6 Å². The normalized spacial score (nSPS) is 11.6. The second-order valence-electron chi connectivity index (χ2n) is 6.54. The standard InChI is InChI=1S/C24H24O4/c25-24(26)23(17-9-14-19-10-3-1-4-11-19)28-22-16-8-7-15-21(22)27-18-20-12-5-2-6-13-20/h1-8,10-13,15-16,23H,9,14,17-18H2,(H,25,26)/t23-/m1/s1. The zero-order valence-electron chi connectivity index (χ0n) is 15.7. The molecule has 0 aliphatic carbocycles. The number of hydrogen-bond donors (Lipinski definition) is 1. The molecule has 0 saturated carbocycles. The Morgan fingerprint density at radius 3 is 2.00 bits per heavy atom. The molecule has 0 fully saturated rings. The summed E-state index contributed by atoms with van der Waals surface area (Å²) in [4.78, 5) is 11.7. The Morgan fingerprint density at radius 1 is 0.786 bits per heavy atom. The number of para-hydroxylation sites is 2. The number of carboxylic acids is 1. The number of aliphatic carboxylic acids is 1. The number of aryl methyl sites for hydroxylation is 1. The minimum absolute atomic E-state index is 0.396. The molecule has 0 aromatic heterocycles. The molecule has 4 nitrogen and oxygen atoms in total. The zero-order chi connectivity index (χ0) is 19.6. The van der Waals surface area contributed by atoms with Crippen LogP contribution in [0.1, 0.15) is 24.0 Å². The summed E-state index contributed by atoms with van der Waals surface area (Å²) in [5.74, 6) is 0.0251. The third kappa shape index (κ3) is 5.88. The van der Waals surface area contributed by atoms with Gasteiger partial charge in [0.2, 0.25) is 0 Å². The summed E-state index contributed by atoms with van der Waals surface area (Å²) in [6.45, 7) is 0.396. The van der Waals surface area contributed by atoms with Crippen LogP contribution in [0, 0.1) is 0 Å². The Labute approximate surface area is 165 Å².